The van der Waals surface area contributed by atoms with E-state index in [1.54, 1.807) is 0 Å². The molecule has 3 aromatic carbocycles. The van der Waals surface area contributed by atoms with Crippen molar-refractivity contribution in [1.29, 1.82) is 0 Å². The monoisotopic (exact) mass is 426 g/mol. The number of aromatic nitrogens is 1. The molecule has 0 saturated heterocycles. The van der Waals surface area contributed by atoms with Crippen LogP contribution in [0.5, 0.6) is 5.75 Å². The van der Waals surface area contributed by atoms with Gasteiger partial charge in [0.05, 0.1) is 18.2 Å². The molecule has 0 bridgehead atoms. The van der Waals surface area contributed by atoms with Crippen molar-refractivity contribution in [3.63, 3.8) is 0 Å². The molecule has 164 valence electrons. The van der Waals surface area contributed by atoms with Crippen molar-refractivity contribution in [2.45, 2.75) is 39.3 Å². The molecule has 1 atom stereocenters. The Bertz CT molecular complexity index is 1170. The first-order valence-corrected chi connectivity index (χ1v) is 11.3. The first-order chi connectivity index (χ1) is 15.7. The second kappa shape index (κ2) is 10.2. The van der Waals surface area contributed by atoms with Gasteiger partial charge in [-0.15, -0.1) is 0 Å². The van der Waals surface area contributed by atoms with E-state index in [4.69, 9.17) is 4.74 Å². The van der Waals surface area contributed by atoms with E-state index in [1.165, 1.54) is 5.56 Å². The smallest absolute Gasteiger partial charge is 0.268 e. The van der Waals surface area contributed by atoms with Crippen LogP contribution in [0.3, 0.4) is 0 Å². The number of ether oxygens (including phenoxy) is 1. The van der Waals surface area contributed by atoms with E-state index in [2.05, 4.69) is 40.2 Å². The maximum atomic E-state index is 13.3. The van der Waals surface area contributed by atoms with E-state index in [9.17, 15) is 4.79 Å². The molecule has 4 aromatic rings. The van der Waals surface area contributed by atoms with Crippen LogP contribution in [0.2, 0.25) is 0 Å². The molecule has 1 aromatic heterocycles. The van der Waals surface area contributed by atoms with E-state index in [0.717, 1.165) is 41.6 Å². The number of hydrogen-bond acceptors (Lipinski definition) is 2. The van der Waals surface area contributed by atoms with Gasteiger partial charge in [-0.3, -0.25) is 4.79 Å². The SMILES string of the molecule is CCOc1cccc2c1cc(C(=O)NC(C)c1ccccc1)n2CCCc1ccccc1. The summed E-state index contributed by atoms with van der Waals surface area (Å²) in [6, 6.07) is 28.4. The largest absolute Gasteiger partial charge is 0.493 e. The molecule has 4 heteroatoms. The number of nitrogens with zero attached hydrogens (tertiary/aromatic N) is 1. The van der Waals surface area contributed by atoms with E-state index in [-0.39, 0.29) is 11.9 Å². The number of rotatable bonds is 9. The fourth-order valence-electron chi connectivity index (χ4n) is 4.15. The second-order valence-electron chi connectivity index (χ2n) is 8.00. The van der Waals surface area contributed by atoms with Crippen molar-refractivity contribution in [3.05, 3.63) is 102 Å². The molecule has 0 radical (unpaired) electrons. The number of hydrogen-bond donors (Lipinski definition) is 1. The van der Waals surface area contributed by atoms with Gasteiger partial charge in [0.25, 0.3) is 5.91 Å². The minimum Gasteiger partial charge on any atom is -0.493 e. The molecule has 1 unspecified atom stereocenters. The lowest BCUT2D eigenvalue weighted by atomic mass is 10.1. The number of amides is 1. The molecule has 1 heterocycles. The zero-order valence-electron chi connectivity index (χ0n) is 18.8. The molecule has 0 aliphatic rings. The van der Waals surface area contributed by atoms with Gasteiger partial charge >= 0.3 is 0 Å². The summed E-state index contributed by atoms with van der Waals surface area (Å²) in [5, 5.41) is 4.15. The summed E-state index contributed by atoms with van der Waals surface area (Å²) in [5.74, 6) is 0.747. The van der Waals surface area contributed by atoms with Gasteiger partial charge < -0.3 is 14.6 Å². The van der Waals surface area contributed by atoms with Crippen LogP contribution in [0.1, 0.15) is 47.9 Å². The molecular weight excluding hydrogens is 396 g/mol. The summed E-state index contributed by atoms with van der Waals surface area (Å²) < 4.78 is 7.98. The van der Waals surface area contributed by atoms with Crippen LogP contribution < -0.4 is 10.1 Å². The minimum atomic E-state index is -0.0779. The standard InChI is InChI=1S/C28H30N2O2/c1-3-32-27-18-10-17-25-24(27)20-26(28(31)29-21(2)23-15-8-5-9-16-23)30(25)19-11-14-22-12-6-4-7-13-22/h4-10,12-13,15-18,20-21H,3,11,14,19H2,1-2H3,(H,29,31). The zero-order valence-corrected chi connectivity index (χ0v) is 18.8. The first kappa shape index (κ1) is 21.7. The molecule has 1 amide bonds. The number of carbonyl (C=O) groups excluding carboxylic acids is 1. The first-order valence-electron chi connectivity index (χ1n) is 11.3. The summed E-state index contributed by atoms with van der Waals surface area (Å²) in [6.07, 6.45) is 1.91. The molecule has 1 N–H and O–H groups in total. The van der Waals surface area contributed by atoms with Crippen LogP contribution in [-0.2, 0) is 13.0 Å². The number of carbonyl (C=O) groups is 1. The highest BCUT2D eigenvalue weighted by Crippen LogP contribution is 2.30. The van der Waals surface area contributed by atoms with Crippen LogP contribution in [0.25, 0.3) is 10.9 Å². The Labute approximate surface area is 189 Å². The molecule has 0 saturated carbocycles. The molecule has 4 rings (SSSR count). The van der Waals surface area contributed by atoms with E-state index >= 15 is 0 Å². The average molecular weight is 427 g/mol. The molecule has 0 aliphatic carbocycles. The third-order valence-corrected chi connectivity index (χ3v) is 5.78. The minimum absolute atomic E-state index is 0.0697. The Morgan fingerprint density at radius 1 is 0.969 bits per heavy atom. The fraction of sp³-hybridized carbons (Fsp3) is 0.250. The Morgan fingerprint density at radius 3 is 2.41 bits per heavy atom. The van der Waals surface area contributed by atoms with E-state index in [0.29, 0.717) is 12.3 Å². The Morgan fingerprint density at radius 2 is 1.69 bits per heavy atom. The summed E-state index contributed by atoms with van der Waals surface area (Å²) in [6.45, 7) is 5.34. The topological polar surface area (TPSA) is 43.3 Å². The van der Waals surface area contributed by atoms with Crippen molar-refractivity contribution >= 4 is 16.8 Å². The number of benzene rings is 3. The maximum Gasteiger partial charge on any atom is 0.268 e. The van der Waals surface area contributed by atoms with Crippen LogP contribution in [0.4, 0.5) is 0 Å². The van der Waals surface area contributed by atoms with Crippen LogP contribution in [0.15, 0.2) is 84.9 Å². The van der Waals surface area contributed by atoms with Crippen molar-refractivity contribution < 1.29 is 9.53 Å². The van der Waals surface area contributed by atoms with Crippen molar-refractivity contribution in [1.82, 2.24) is 9.88 Å². The highest BCUT2D eigenvalue weighted by atomic mass is 16.5. The van der Waals surface area contributed by atoms with Gasteiger partial charge in [0, 0.05) is 11.9 Å². The third kappa shape index (κ3) is 4.86. The molecule has 4 nitrogen and oxygen atoms in total. The number of aryl methyl sites for hydroxylation is 2. The summed E-state index contributed by atoms with van der Waals surface area (Å²) in [7, 11) is 0. The predicted octanol–water partition coefficient (Wildman–Crippen LogP) is 6.16. The molecule has 0 spiro atoms. The lowest BCUT2D eigenvalue weighted by Gasteiger charge is -2.16. The molecule has 32 heavy (non-hydrogen) atoms. The van der Waals surface area contributed by atoms with Gasteiger partial charge in [0.15, 0.2) is 0 Å². The molecule has 0 fully saturated rings. The van der Waals surface area contributed by atoms with Gasteiger partial charge in [0.1, 0.15) is 11.4 Å². The quantitative estimate of drug-likeness (QED) is 0.348. The number of fused-ring (bicyclic) bond motifs is 1. The summed E-state index contributed by atoms with van der Waals surface area (Å²) >= 11 is 0. The van der Waals surface area contributed by atoms with E-state index < -0.39 is 0 Å². The molecule has 0 aliphatic heterocycles. The zero-order chi connectivity index (χ0) is 22.3. The Kier molecular flexibility index (Phi) is 6.90. The third-order valence-electron chi connectivity index (χ3n) is 5.78. The Hall–Kier alpha value is -3.53. The lowest BCUT2D eigenvalue weighted by molar-refractivity contribution is 0.0930. The summed E-state index contributed by atoms with van der Waals surface area (Å²) in [5.41, 5.74) is 4.09. The highest BCUT2D eigenvalue weighted by Gasteiger charge is 2.19. The van der Waals surface area contributed by atoms with Gasteiger partial charge in [-0.1, -0.05) is 66.7 Å². The Balaban J connectivity index is 1.62. The normalized spacial score (nSPS) is 11.9. The van der Waals surface area contributed by atoms with Crippen molar-refractivity contribution in [3.8, 4) is 5.75 Å². The van der Waals surface area contributed by atoms with Crippen LogP contribution >= 0.6 is 0 Å². The fourth-order valence-corrected chi connectivity index (χ4v) is 4.15. The van der Waals surface area contributed by atoms with Gasteiger partial charge in [-0.25, -0.2) is 0 Å². The molecular formula is C28H30N2O2. The van der Waals surface area contributed by atoms with Gasteiger partial charge in [0.2, 0.25) is 0 Å². The highest BCUT2D eigenvalue weighted by molar-refractivity contribution is 6.00. The van der Waals surface area contributed by atoms with Gasteiger partial charge in [-0.05, 0) is 56.0 Å². The van der Waals surface area contributed by atoms with Crippen LogP contribution in [0, 0.1) is 0 Å². The maximum absolute atomic E-state index is 13.3. The van der Waals surface area contributed by atoms with E-state index in [1.807, 2.05) is 68.4 Å². The van der Waals surface area contributed by atoms with Crippen molar-refractivity contribution in [2.24, 2.45) is 0 Å². The van der Waals surface area contributed by atoms with Crippen LogP contribution in [-0.4, -0.2) is 17.1 Å². The average Bonchev–Trinajstić information content (AvgIpc) is 3.20. The number of nitrogens with one attached hydrogen (secondary N) is 1. The predicted molar refractivity (Wildman–Crippen MR) is 130 cm³/mol. The van der Waals surface area contributed by atoms with Gasteiger partial charge in [-0.2, -0.15) is 0 Å². The summed E-state index contributed by atoms with van der Waals surface area (Å²) in [4.78, 5) is 13.3. The second-order valence-corrected chi connectivity index (χ2v) is 8.00. The van der Waals surface area contributed by atoms with Crippen molar-refractivity contribution in [2.75, 3.05) is 6.61 Å². The lowest BCUT2D eigenvalue weighted by Crippen LogP contribution is -2.28.